The van der Waals surface area contributed by atoms with Crippen molar-refractivity contribution in [1.29, 1.82) is 0 Å². The third-order valence-corrected chi connectivity index (χ3v) is 2.04. The fourth-order valence-corrected chi connectivity index (χ4v) is 1.36. The zero-order valence-electron chi connectivity index (χ0n) is 11.3. The molecule has 0 aliphatic rings. The minimum Gasteiger partial charge on any atom is -0.479 e. The van der Waals surface area contributed by atoms with Gasteiger partial charge in [-0.25, -0.2) is 9.59 Å². The number of nitrogens with one attached hydrogen (secondary N) is 1. The monoisotopic (exact) mass is 268 g/mol. The fourth-order valence-electron chi connectivity index (χ4n) is 1.36. The van der Waals surface area contributed by atoms with Crippen LogP contribution in [0, 0.1) is 0 Å². The Kier molecular flexibility index (Phi) is 6.01. The van der Waals surface area contributed by atoms with Gasteiger partial charge in [0, 0.05) is 0 Å². The van der Waals surface area contributed by atoms with Gasteiger partial charge in [-0.3, -0.25) is 0 Å². The number of alkyl carbamates (subject to hydrolysis) is 1. The summed E-state index contributed by atoms with van der Waals surface area (Å²) in [6.07, 6.45) is -0.751. The topological polar surface area (TPSA) is 111 Å². The van der Waals surface area contributed by atoms with E-state index in [1.54, 1.807) is 51.1 Å². The van der Waals surface area contributed by atoms with Crippen molar-refractivity contribution in [1.82, 2.24) is 11.5 Å². The van der Waals surface area contributed by atoms with Crippen LogP contribution in [-0.4, -0.2) is 22.8 Å². The molecule has 0 saturated carbocycles. The Morgan fingerprint density at radius 1 is 1.21 bits per heavy atom. The predicted molar refractivity (Wildman–Crippen MR) is 71.2 cm³/mol. The first-order valence-corrected chi connectivity index (χ1v) is 5.57. The summed E-state index contributed by atoms with van der Waals surface area (Å²) in [6.45, 7) is 5.14. The molecule has 1 atom stereocenters. The summed E-state index contributed by atoms with van der Waals surface area (Å²) in [4.78, 5) is 22.7. The van der Waals surface area contributed by atoms with Crippen molar-refractivity contribution < 1.29 is 19.4 Å². The molecule has 0 spiro atoms. The minimum atomic E-state index is -1.13. The number of amides is 1. The third kappa shape index (κ3) is 5.87. The maximum Gasteiger partial charge on any atom is 0.408 e. The molecule has 0 heterocycles. The highest BCUT2D eigenvalue weighted by Gasteiger charge is 2.24. The van der Waals surface area contributed by atoms with Crippen LogP contribution in [0.4, 0.5) is 4.79 Å². The van der Waals surface area contributed by atoms with Crippen molar-refractivity contribution in [2.24, 2.45) is 0 Å². The molecule has 0 aliphatic carbocycles. The number of benzene rings is 1. The summed E-state index contributed by atoms with van der Waals surface area (Å²) in [5.74, 6) is -1.13. The lowest BCUT2D eigenvalue weighted by Crippen LogP contribution is -2.38. The molecule has 0 aromatic heterocycles. The van der Waals surface area contributed by atoms with Crippen molar-refractivity contribution in [2.75, 3.05) is 0 Å². The molecule has 6 nitrogen and oxygen atoms in total. The van der Waals surface area contributed by atoms with E-state index in [0.29, 0.717) is 5.56 Å². The molecule has 1 amide bonds. The maximum absolute atomic E-state index is 11.6. The largest absolute Gasteiger partial charge is 0.479 e. The molecular formula is C13H20N2O4. The highest BCUT2D eigenvalue weighted by molar-refractivity contribution is 5.81. The van der Waals surface area contributed by atoms with Crippen molar-refractivity contribution in [3.05, 3.63) is 35.9 Å². The number of hydrogen-bond donors (Lipinski definition) is 3. The van der Waals surface area contributed by atoms with E-state index in [4.69, 9.17) is 9.84 Å². The van der Waals surface area contributed by atoms with Gasteiger partial charge in [-0.15, -0.1) is 0 Å². The number of carbonyl (C=O) groups excluding carboxylic acids is 1. The predicted octanol–water partition coefficient (Wildman–Crippen LogP) is 2.50. The molecule has 1 aromatic rings. The summed E-state index contributed by atoms with van der Waals surface area (Å²) in [7, 11) is 0. The SMILES string of the molecule is CC(C)(C)OC(=O)N[C@H](C(=O)O)c1ccccc1.N. The zero-order valence-corrected chi connectivity index (χ0v) is 11.3. The van der Waals surface area contributed by atoms with Gasteiger partial charge in [0.1, 0.15) is 5.60 Å². The Morgan fingerprint density at radius 3 is 2.16 bits per heavy atom. The molecule has 0 aliphatic heterocycles. The first kappa shape index (κ1) is 16.9. The van der Waals surface area contributed by atoms with Gasteiger partial charge in [0.25, 0.3) is 0 Å². The minimum absolute atomic E-state index is 0. The molecule has 0 unspecified atom stereocenters. The van der Waals surface area contributed by atoms with Gasteiger partial charge in [-0.05, 0) is 26.3 Å². The second-order valence-electron chi connectivity index (χ2n) is 4.83. The molecular weight excluding hydrogens is 248 g/mol. The summed E-state index contributed by atoms with van der Waals surface area (Å²) in [6, 6.07) is 7.35. The van der Waals surface area contributed by atoms with Gasteiger partial charge < -0.3 is 21.3 Å². The van der Waals surface area contributed by atoms with Gasteiger partial charge in [-0.1, -0.05) is 30.3 Å². The number of ether oxygens (including phenoxy) is 1. The summed E-state index contributed by atoms with van der Waals surface area (Å²) in [5.41, 5.74) is -0.167. The normalized spacial score (nSPS) is 11.9. The van der Waals surface area contributed by atoms with E-state index in [0.717, 1.165) is 0 Å². The Morgan fingerprint density at radius 2 is 1.74 bits per heavy atom. The molecule has 1 aromatic carbocycles. The molecule has 106 valence electrons. The van der Waals surface area contributed by atoms with Crippen LogP contribution in [0.5, 0.6) is 0 Å². The second-order valence-corrected chi connectivity index (χ2v) is 4.83. The van der Waals surface area contributed by atoms with E-state index in [2.05, 4.69) is 5.32 Å². The van der Waals surface area contributed by atoms with Crippen LogP contribution in [-0.2, 0) is 9.53 Å². The number of carboxylic acids is 1. The average molecular weight is 268 g/mol. The van der Waals surface area contributed by atoms with Gasteiger partial charge in [0.15, 0.2) is 6.04 Å². The molecule has 5 N–H and O–H groups in total. The molecule has 19 heavy (non-hydrogen) atoms. The van der Waals surface area contributed by atoms with Crippen LogP contribution < -0.4 is 11.5 Å². The van der Waals surface area contributed by atoms with E-state index in [9.17, 15) is 9.59 Å². The Labute approximate surface area is 112 Å². The van der Waals surface area contributed by atoms with E-state index < -0.39 is 23.7 Å². The van der Waals surface area contributed by atoms with Gasteiger partial charge in [-0.2, -0.15) is 0 Å². The van der Waals surface area contributed by atoms with E-state index in [1.165, 1.54) is 0 Å². The number of hydrogen-bond acceptors (Lipinski definition) is 4. The molecule has 6 heteroatoms. The third-order valence-electron chi connectivity index (χ3n) is 2.04. The Bertz CT molecular complexity index is 426. The van der Waals surface area contributed by atoms with Crippen molar-refractivity contribution in [3.8, 4) is 0 Å². The number of carbonyl (C=O) groups is 2. The zero-order chi connectivity index (χ0) is 13.8. The Balaban J connectivity index is 0.00000324. The molecule has 0 bridgehead atoms. The van der Waals surface area contributed by atoms with Gasteiger partial charge >= 0.3 is 12.1 Å². The van der Waals surface area contributed by atoms with Crippen molar-refractivity contribution in [2.45, 2.75) is 32.4 Å². The lowest BCUT2D eigenvalue weighted by Gasteiger charge is -2.22. The molecule has 0 saturated heterocycles. The van der Waals surface area contributed by atoms with E-state index in [-0.39, 0.29) is 6.15 Å². The first-order valence-electron chi connectivity index (χ1n) is 5.57. The number of aliphatic carboxylic acids is 1. The van der Waals surface area contributed by atoms with Crippen molar-refractivity contribution in [3.63, 3.8) is 0 Å². The van der Waals surface area contributed by atoms with Gasteiger partial charge in [0.2, 0.25) is 0 Å². The lowest BCUT2D eigenvalue weighted by atomic mass is 10.1. The van der Waals surface area contributed by atoms with Crippen LogP contribution in [0.15, 0.2) is 30.3 Å². The Hall–Kier alpha value is -2.08. The smallest absolute Gasteiger partial charge is 0.408 e. The van der Waals surface area contributed by atoms with Crippen LogP contribution in [0.2, 0.25) is 0 Å². The van der Waals surface area contributed by atoms with Gasteiger partial charge in [0.05, 0.1) is 0 Å². The molecule has 0 radical (unpaired) electrons. The summed E-state index contributed by atoms with van der Waals surface area (Å²) >= 11 is 0. The summed E-state index contributed by atoms with van der Waals surface area (Å²) < 4.78 is 5.03. The van der Waals surface area contributed by atoms with Crippen LogP contribution in [0.1, 0.15) is 32.4 Å². The standard InChI is InChI=1S/C13H17NO4.H3N/c1-13(2,3)18-12(17)14-10(11(15)16)9-7-5-4-6-8-9;/h4-8,10H,1-3H3,(H,14,17)(H,15,16);1H3/t10-;/m0./s1. The first-order chi connectivity index (χ1) is 8.29. The maximum atomic E-state index is 11.6. The lowest BCUT2D eigenvalue weighted by molar-refractivity contribution is -0.139. The number of carboxylic acid groups (broad SMARTS) is 1. The fraction of sp³-hybridized carbons (Fsp3) is 0.385. The average Bonchev–Trinajstić information content (AvgIpc) is 2.24. The van der Waals surface area contributed by atoms with Crippen LogP contribution >= 0.6 is 0 Å². The second kappa shape index (κ2) is 6.75. The van der Waals surface area contributed by atoms with Crippen molar-refractivity contribution >= 4 is 12.1 Å². The van der Waals surface area contributed by atoms with Crippen LogP contribution in [0.3, 0.4) is 0 Å². The number of rotatable bonds is 3. The molecule has 0 fully saturated rings. The van der Waals surface area contributed by atoms with Crippen LogP contribution in [0.25, 0.3) is 0 Å². The summed E-state index contributed by atoms with van der Waals surface area (Å²) in [5, 5.41) is 11.4. The highest BCUT2D eigenvalue weighted by Crippen LogP contribution is 2.14. The van der Waals surface area contributed by atoms with E-state index in [1.807, 2.05) is 0 Å². The highest BCUT2D eigenvalue weighted by atomic mass is 16.6. The van der Waals surface area contributed by atoms with E-state index >= 15 is 0 Å². The quantitative estimate of drug-likeness (QED) is 0.780. The molecule has 1 rings (SSSR count).